The maximum atomic E-state index is 13.5. The van der Waals surface area contributed by atoms with E-state index in [-0.39, 0.29) is 11.6 Å². The predicted molar refractivity (Wildman–Crippen MR) is 70.8 cm³/mol. The van der Waals surface area contributed by atoms with E-state index in [0.29, 0.717) is 17.5 Å². The van der Waals surface area contributed by atoms with Gasteiger partial charge in [-0.1, -0.05) is 24.3 Å². The van der Waals surface area contributed by atoms with Gasteiger partial charge < -0.3 is 5.11 Å². The summed E-state index contributed by atoms with van der Waals surface area (Å²) in [6.07, 6.45) is 0.301. The van der Waals surface area contributed by atoms with Crippen molar-refractivity contribution in [1.82, 2.24) is 0 Å². The molecule has 0 aliphatic carbocycles. The van der Waals surface area contributed by atoms with Crippen molar-refractivity contribution in [3.05, 3.63) is 70.8 Å². The third-order valence-corrected chi connectivity index (χ3v) is 3.26. The molecule has 1 atom stereocenters. The Bertz CT molecular complexity index is 574. The van der Waals surface area contributed by atoms with Crippen LogP contribution in [-0.2, 0) is 12.0 Å². The van der Waals surface area contributed by atoms with Crippen LogP contribution in [0.5, 0.6) is 0 Å². The van der Waals surface area contributed by atoms with E-state index in [1.54, 1.807) is 38.1 Å². The maximum absolute atomic E-state index is 13.5. The molecule has 0 aliphatic rings. The smallest absolute Gasteiger partial charge is 0.126 e. The minimum absolute atomic E-state index is 0.301. The van der Waals surface area contributed by atoms with E-state index in [4.69, 9.17) is 0 Å². The number of halogens is 2. The molecule has 100 valence electrons. The zero-order valence-electron chi connectivity index (χ0n) is 11.0. The van der Waals surface area contributed by atoms with Gasteiger partial charge in [0.05, 0.1) is 5.60 Å². The van der Waals surface area contributed by atoms with Crippen LogP contribution in [0.4, 0.5) is 8.78 Å². The minimum Gasteiger partial charge on any atom is -0.385 e. The van der Waals surface area contributed by atoms with Crippen molar-refractivity contribution >= 4 is 0 Å². The SMILES string of the molecule is Cc1ccc(C(C)(O)Cc2ccc(F)cc2)cc1F. The lowest BCUT2D eigenvalue weighted by Crippen LogP contribution is -2.24. The summed E-state index contributed by atoms with van der Waals surface area (Å²) >= 11 is 0. The van der Waals surface area contributed by atoms with Gasteiger partial charge in [-0.25, -0.2) is 8.78 Å². The summed E-state index contributed by atoms with van der Waals surface area (Å²) in [4.78, 5) is 0. The number of aliphatic hydroxyl groups is 1. The van der Waals surface area contributed by atoms with Gasteiger partial charge in [0, 0.05) is 6.42 Å². The Morgan fingerprint density at radius 1 is 1.05 bits per heavy atom. The summed E-state index contributed by atoms with van der Waals surface area (Å²) in [5.74, 6) is -0.651. The van der Waals surface area contributed by atoms with E-state index in [0.717, 1.165) is 5.56 Å². The predicted octanol–water partition coefficient (Wildman–Crippen LogP) is 3.72. The first kappa shape index (κ1) is 13.7. The molecule has 0 aliphatic heterocycles. The van der Waals surface area contributed by atoms with Crippen molar-refractivity contribution in [2.75, 3.05) is 0 Å². The molecule has 19 heavy (non-hydrogen) atoms. The van der Waals surface area contributed by atoms with Crippen molar-refractivity contribution in [2.24, 2.45) is 0 Å². The van der Waals surface area contributed by atoms with E-state index in [2.05, 4.69) is 0 Å². The molecule has 2 aromatic carbocycles. The third kappa shape index (κ3) is 3.18. The second-order valence-electron chi connectivity index (χ2n) is 5.04. The first-order valence-corrected chi connectivity index (χ1v) is 6.12. The Kier molecular flexibility index (Phi) is 3.67. The number of rotatable bonds is 3. The molecule has 0 spiro atoms. The zero-order valence-corrected chi connectivity index (χ0v) is 11.0. The lowest BCUT2D eigenvalue weighted by molar-refractivity contribution is 0.0572. The summed E-state index contributed by atoms with van der Waals surface area (Å²) < 4.78 is 26.4. The number of hydrogen-bond donors (Lipinski definition) is 1. The van der Waals surface area contributed by atoms with Crippen LogP contribution in [0.25, 0.3) is 0 Å². The van der Waals surface area contributed by atoms with Crippen molar-refractivity contribution in [3.8, 4) is 0 Å². The molecule has 0 bridgehead atoms. The standard InChI is InChI=1S/C16H16F2O/c1-11-3-6-13(9-15(11)18)16(2,19)10-12-4-7-14(17)8-5-12/h3-9,19H,10H2,1-2H3. The lowest BCUT2D eigenvalue weighted by Gasteiger charge is -2.24. The van der Waals surface area contributed by atoms with E-state index in [9.17, 15) is 13.9 Å². The summed E-state index contributed by atoms with van der Waals surface area (Å²) in [6.45, 7) is 3.30. The van der Waals surface area contributed by atoms with Crippen LogP contribution in [-0.4, -0.2) is 5.11 Å². The molecule has 0 heterocycles. The summed E-state index contributed by atoms with van der Waals surface area (Å²) in [6, 6.07) is 10.6. The molecule has 0 saturated carbocycles. The summed E-state index contributed by atoms with van der Waals surface area (Å²) in [5, 5.41) is 10.5. The fraction of sp³-hybridized carbons (Fsp3) is 0.250. The molecule has 1 N–H and O–H groups in total. The van der Waals surface area contributed by atoms with E-state index >= 15 is 0 Å². The van der Waals surface area contributed by atoms with Crippen LogP contribution in [0.15, 0.2) is 42.5 Å². The molecule has 2 rings (SSSR count). The van der Waals surface area contributed by atoms with Gasteiger partial charge in [-0.15, -0.1) is 0 Å². The van der Waals surface area contributed by atoms with Gasteiger partial charge in [0.25, 0.3) is 0 Å². The van der Waals surface area contributed by atoms with Gasteiger partial charge in [-0.3, -0.25) is 0 Å². The van der Waals surface area contributed by atoms with Gasteiger partial charge in [0.15, 0.2) is 0 Å². The van der Waals surface area contributed by atoms with Crippen molar-refractivity contribution in [1.29, 1.82) is 0 Å². The average Bonchev–Trinajstić information content (AvgIpc) is 2.35. The molecule has 0 amide bonds. The van der Waals surface area contributed by atoms with E-state index in [1.807, 2.05) is 0 Å². The summed E-state index contributed by atoms with van der Waals surface area (Å²) in [7, 11) is 0. The Labute approximate surface area is 111 Å². The van der Waals surface area contributed by atoms with Crippen molar-refractivity contribution < 1.29 is 13.9 Å². The van der Waals surface area contributed by atoms with Gasteiger partial charge in [-0.2, -0.15) is 0 Å². The highest BCUT2D eigenvalue weighted by molar-refractivity contribution is 5.30. The topological polar surface area (TPSA) is 20.2 Å². The highest BCUT2D eigenvalue weighted by Gasteiger charge is 2.24. The quantitative estimate of drug-likeness (QED) is 0.893. The minimum atomic E-state index is -1.19. The van der Waals surface area contributed by atoms with E-state index < -0.39 is 5.60 Å². The van der Waals surface area contributed by atoms with Crippen molar-refractivity contribution in [3.63, 3.8) is 0 Å². The van der Waals surface area contributed by atoms with Crippen LogP contribution < -0.4 is 0 Å². The van der Waals surface area contributed by atoms with Crippen LogP contribution in [0.3, 0.4) is 0 Å². The zero-order chi connectivity index (χ0) is 14.0. The molecule has 0 aromatic heterocycles. The van der Waals surface area contributed by atoms with Gasteiger partial charge >= 0.3 is 0 Å². The first-order valence-electron chi connectivity index (χ1n) is 6.12. The fourth-order valence-corrected chi connectivity index (χ4v) is 2.03. The molecule has 0 saturated heterocycles. The maximum Gasteiger partial charge on any atom is 0.126 e. The Balaban J connectivity index is 2.26. The second kappa shape index (κ2) is 5.10. The molecule has 1 unspecified atom stereocenters. The lowest BCUT2D eigenvalue weighted by atomic mass is 9.88. The third-order valence-electron chi connectivity index (χ3n) is 3.26. The normalized spacial score (nSPS) is 14.2. The van der Waals surface area contributed by atoms with E-state index in [1.165, 1.54) is 18.2 Å². The fourth-order valence-electron chi connectivity index (χ4n) is 2.03. The molecule has 0 fully saturated rings. The number of benzene rings is 2. The molecule has 1 nitrogen and oxygen atoms in total. The highest BCUT2D eigenvalue weighted by atomic mass is 19.1. The Hall–Kier alpha value is -1.74. The molecule has 2 aromatic rings. The van der Waals surface area contributed by atoms with Gasteiger partial charge in [-0.05, 0) is 48.7 Å². The Morgan fingerprint density at radius 3 is 2.26 bits per heavy atom. The average molecular weight is 262 g/mol. The molecule has 0 radical (unpaired) electrons. The second-order valence-corrected chi connectivity index (χ2v) is 5.04. The molecular formula is C16H16F2O. The van der Waals surface area contributed by atoms with Gasteiger partial charge in [0.1, 0.15) is 11.6 Å². The number of aryl methyl sites for hydroxylation is 1. The Morgan fingerprint density at radius 2 is 1.68 bits per heavy atom. The summed E-state index contributed by atoms with van der Waals surface area (Å²) in [5.41, 5.74) is 0.667. The molecular weight excluding hydrogens is 246 g/mol. The first-order chi connectivity index (χ1) is 8.88. The highest BCUT2D eigenvalue weighted by Crippen LogP contribution is 2.26. The molecule has 3 heteroatoms. The van der Waals surface area contributed by atoms with Gasteiger partial charge in [0.2, 0.25) is 0 Å². The van der Waals surface area contributed by atoms with Crippen LogP contribution in [0.1, 0.15) is 23.6 Å². The van der Waals surface area contributed by atoms with Crippen LogP contribution in [0, 0.1) is 18.6 Å². The van der Waals surface area contributed by atoms with Crippen molar-refractivity contribution in [2.45, 2.75) is 25.9 Å². The van der Waals surface area contributed by atoms with Crippen LogP contribution in [0.2, 0.25) is 0 Å². The van der Waals surface area contributed by atoms with Crippen LogP contribution >= 0.6 is 0 Å². The monoisotopic (exact) mass is 262 g/mol. The number of hydrogen-bond acceptors (Lipinski definition) is 1. The largest absolute Gasteiger partial charge is 0.385 e.